The highest BCUT2D eigenvalue weighted by Gasteiger charge is 2.36. The van der Waals surface area contributed by atoms with Crippen molar-refractivity contribution in [3.63, 3.8) is 0 Å². The molecule has 0 aliphatic rings. The van der Waals surface area contributed by atoms with Gasteiger partial charge in [-0.15, -0.1) is 10.2 Å². The predicted molar refractivity (Wildman–Crippen MR) is 86.9 cm³/mol. The molecule has 2 aromatic heterocycles. The minimum absolute atomic E-state index is 0.0915. The molecule has 10 heteroatoms. The molecule has 0 saturated heterocycles. The average Bonchev–Trinajstić information content (AvgIpc) is 3.09. The molecule has 1 aromatic carbocycles. The SMILES string of the molecule is COc1ccc(CNC(=O)c2ccn3c(C(F)(F)F)nnc3c2)cc1C#N. The molecule has 0 fully saturated rings. The van der Waals surface area contributed by atoms with Crippen molar-refractivity contribution in [2.24, 2.45) is 0 Å². The van der Waals surface area contributed by atoms with Crippen LogP contribution in [0, 0.1) is 11.3 Å². The first-order chi connectivity index (χ1) is 12.8. The number of carbonyl (C=O) groups is 1. The van der Waals surface area contributed by atoms with Crippen LogP contribution in [0.3, 0.4) is 0 Å². The van der Waals surface area contributed by atoms with Crippen LogP contribution in [-0.2, 0) is 12.7 Å². The quantitative estimate of drug-likeness (QED) is 0.757. The summed E-state index contributed by atoms with van der Waals surface area (Å²) in [6.07, 6.45) is -3.55. The van der Waals surface area contributed by atoms with Gasteiger partial charge in [0.05, 0.1) is 12.7 Å². The lowest BCUT2D eigenvalue weighted by molar-refractivity contribution is -0.145. The molecule has 3 rings (SSSR count). The summed E-state index contributed by atoms with van der Waals surface area (Å²) in [5.74, 6) is -1.24. The maximum atomic E-state index is 12.8. The summed E-state index contributed by atoms with van der Waals surface area (Å²) in [5.41, 5.74) is 1.04. The third kappa shape index (κ3) is 3.67. The molecular formula is C17H12F3N5O2. The van der Waals surface area contributed by atoms with Crippen molar-refractivity contribution < 1.29 is 22.7 Å². The number of nitrogens with zero attached hydrogens (tertiary/aromatic N) is 4. The fraction of sp³-hybridized carbons (Fsp3) is 0.176. The number of nitriles is 1. The van der Waals surface area contributed by atoms with E-state index in [0.717, 1.165) is 10.6 Å². The van der Waals surface area contributed by atoms with E-state index >= 15 is 0 Å². The molecule has 7 nitrogen and oxygen atoms in total. The molecule has 1 amide bonds. The van der Waals surface area contributed by atoms with Gasteiger partial charge in [0.15, 0.2) is 5.65 Å². The van der Waals surface area contributed by atoms with Crippen LogP contribution in [0.25, 0.3) is 5.65 Å². The number of rotatable bonds is 4. The number of benzene rings is 1. The Morgan fingerprint density at radius 2 is 2.07 bits per heavy atom. The summed E-state index contributed by atoms with van der Waals surface area (Å²) in [7, 11) is 1.45. The first kappa shape index (κ1) is 18.2. The van der Waals surface area contributed by atoms with Crippen molar-refractivity contribution in [1.82, 2.24) is 19.9 Å². The molecule has 0 unspecified atom stereocenters. The third-order valence-electron chi connectivity index (χ3n) is 3.76. The zero-order valence-electron chi connectivity index (χ0n) is 13.9. The second kappa shape index (κ2) is 6.95. The Labute approximate surface area is 151 Å². The molecule has 0 spiro atoms. The van der Waals surface area contributed by atoms with Gasteiger partial charge >= 0.3 is 6.18 Å². The maximum Gasteiger partial charge on any atom is 0.452 e. The lowest BCUT2D eigenvalue weighted by atomic mass is 10.1. The van der Waals surface area contributed by atoms with E-state index in [4.69, 9.17) is 10.00 Å². The zero-order valence-corrected chi connectivity index (χ0v) is 13.9. The number of methoxy groups -OCH3 is 1. The summed E-state index contributed by atoms with van der Waals surface area (Å²) < 4.78 is 44.2. The molecule has 3 aromatic rings. The molecule has 0 saturated carbocycles. The van der Waals surface area contributed by atoms with E-state index in [9.17, 15) is 18.0 Å². The van der Waals surface area contributed by atoms with Crippen LogP contribution in [0.4, 0.5) is 13.2 Å². The Kier molecular flexibility index (Phi) is 4.68. The van der Waals surface area contributed by atoms with Crippen molar-refractivity contribution >= 4 is 11.6 Å². The number of carbonyl (C=O) groups excluding carboxylic acids is 1. The summed E-state index contributed by atoms with van der Waals surface area (Å²) in [5, 5.41) is 18.3. The molecule has 0 bridgehead atoms. The van der Waals surface area contributed by atoms with Crippen LogP contribution >= 0.6 is 0 Å². The van der Waals surface area contributed by atoms with Crippen LogP contribution in [0.1, 0.15) is 27.3 Å². The van der Waals surface area contributed by atoms with Gasteiger partial charge < -0.3 is 10.1 Å². The fourth-order valence-electron chi connectivity index (χ4n) is 2.46. The van der Waals surface area contributed by atoms with E-state index in [-0.39, 0.29) is 17.8 Å². The van der Waals surface area contributed by atoms with Crippen LogP contribution in [-0.4, -0.2) is 27.6 Å². The number of fused-ring (bicyclic) bond motifs is 1. The number of ether oxygens (including phenoxy) is 1. The van der Waals surface area contributed by atoms with Crippen LogP contribution < -0.4 is 10.1 Å². The van der Waals surface area contributed by atoms with Crippen LogP contribution in [0.2, 0.25) is 0 Å². The van der Waals surface area contributed by atoms with Crippen molar-refractivity contribution in [2.45, 2.75) is 12.7 Å². The highest BCUT2D eigenvalue weighted by Crippen LogP contribution is 2.28. The Morgan fingerprint density at radius 3 is 2.74 bits per heavy atom. The van der Waals surface area contributed by atoms with E-state index in [1.807, 2.05) is 6.07 Å². The third-order valence-corrected chi connectivity index (χ3v) is 3.76. The van der Waals surface area contributed by atoms with Crippen LogP contribution in [0.15, 0.2) is 36.5 Å². The van der Waals surface area contributed by atoms with Gasteiger partial charge in [0.2, 0.25) is 5.82 Å². The van der Waals surface area contributed by atoms with E-state index in [1.54, 1.807) is 18.2 Å². The van der Waals surface area contributed by atoms with Crippen molar-refractivity contribution in [1.29, 1.82) is 5.26 Å². The number of pyridine rings is 1. The first-order valence-corrected chi connectivity index (χ1v) is 7.60. The van der Waals surface area contributed by atoms with Gasteiger partial charge in [-0.05, 0) is 29.8 Å². The summed E-state index contributed by atoms with van der Waals surface area (Å²) in [6.45, 7) is 0.128. The highest BCUT2D eigenvalue weighted by atomic mass is 19.4. The standard InChI is InChI=1S/C17H12F3N5O2/c1-27-13-3-2-10(6-12(13)8-21)9-22-15(26)11-4-5-25-14(7-11)23-24-16(25)17(18,19)20/h2-7H,9H2,1H3,(H,22,26). The normalized spacial score (nSPS) is 11.2. The number of hydrogen-bond donors (Lipinski definition) is 1. The van der Waals surface area contributed by atoms with E-state index in [0.29, 0.717) is 16.9 Å². The molecule has 27 heavy (non-hydrogen) atoms. The van der Waals surface area contributed by atoms with Crippen molar-refractivity contribution in [2.75, 3.05) is 7.11 Å². The zero-order chi connectivity index (χ0) is 19.6. The van der Waals surface area contributed by atoms with Gasteiger partial charge in [0, 0.05) is 18.3 Å². The number of nitrogens with one attached hydrogen (secondary N) is 1. The average molecular weight is 375 g/mol. The number of hydrogen-bond acceptors (Lipinski definition) is 5. The molecule has 138 valence electrons. The monoisotopic (exact) mass is 375 g/mol. The highest BCUT2D eigenvalue weighted by molar-refractivity contribution is 5.95. The number of halogens is 3. The van der Waals surface area contributed by atoms with Gasteiger partial charge in [0.25, 0.3) is 5.91 Å². The van der Waals surface area contributed by atoms with E-state index < -0.39 is 17.9 Å². The van der Waals surface area contributed by atoms with E-state index in [1.165, 1.54) is 19.2 Å². The maximum absolute atomic E-state index is 12.8. The number of alkyl halides is 3. The predicted octanol–water partition coefficient (Wildman–Crippen LogP) is 2.56. The van der Waals surface area contributed by atoms with Gasteiger partial charge in [-0.25, -0.2) is 0 Å². The van der Waals surface area contributed by atoms with Crippen molar-refractivity contribution in [3.8, 4) is 11.8 Å². The minimum atomic E-state index is -4.64. The summed E-state index contributed by atoms with van der Waals surface area (Å²) in [6, 6.07) is 9.34. The van der Waals surface area contributed by atoms with Crippen LogP contribution in [0.5, 0.6) is 5.75 Å². The largest absolute Gasteiger partial charge is 0.495 e. The fourth-order valence-corrected chi connectivity index (χ4v) is 2.46. The number of amides is 1. The summed E-state index contributed by atoms with van der Waals surface area (Å²) in [4.78, 5) is 12.3. The Hall–Kier alpha value is -3.61. The Balaban J connectivity index is 1.76. The molecule has 0 radical (unpaired) electrons. The minimum Gasteiger partial charge on any atom is -0.495 e. The molecular weight excluding hydrogens is 363 g/mol. The van der Waals surface area contributed by atoms with Gasteiger partial charge in [-0.2, -0.15) is 18.4 Å². The second-order valence-electron chi connectivity index (χ2n) is 5.49. The second-order valence-corrected chi connectivity index (χ2v) is 5.49. The first-order valence-electron chi connectivity index (χ1n) is 7.60. The Bertz CT molecular complexity index is 1050. The van der Waals surface area contributed by atoms with Crippen molar-refractivity contribution in [3.05, 3.63) is 59.0 Å². The van der Waals surface area contributed by atoms with E-state index in [2.05, 4.69) is 15.5 Å². The Morgan fingerprint density at radius 1 is 1.30 bits per heavy atom. The number of aromatic nitrogens is 3. The molecule has 0 aliphatic heterocycles. The smallest absolute Gasteiger partial charge is 0.452 e. The van der Waals surface area contributed by atoms with Gasteiger partial charge in [0.1, 0.15) is 11.8 Å². The van der Waals surface area contributed by atoms with Gasteiger partial charge in [-0.3, -0.25) is 9.20 Å². The molecule has 1 N–H and O–H groups in total. The van der Waals surface area contributed by atoms with Gasteiger partial charge in [-0.1, -0.05) is 6.07 Å². The lowest BCUT2D eigenvalue weighted by Crippen LogP contribution is -2.23. The lowest BCUT2D eigenvalue weighted by Gasteiger charge is -2.08. The summed E-state index contributed by atoms with van der Waals surface area (Å²) >= 11 is 0. The topological polar surface area (TPSA) is 92.3 Å². The molecule has 2 heterocycles. The molecule has 0 aliphatic carbocycles. The molecule has 0 atom stereocenters.